The molecule has 2 aromatic rings. The van der Waals surface area contributed by atoms with E-state index < -0.39 is 21.8 Å². The molecule has 3 aliphatic rings. The van der Waals surface area contributed by atoms with Crippen molar-refractivity contribution in [3.63, 3.8) is 0 Å². The Morgan fingerprint density at radius 1 is 1.03 bits per heavy atom. The van der Waals surface area contributed by atoms with Gasteiger partial charge in [0, 0.05) is 56.3 Å². The van der Waals surface area contributed by atoms with Gasteiger partial charge in [-0.3, -0.25) is 4.90 Å². The molecule has 5 rings (SSSR count). The second kappa shape index (κ2) is 8.00. The number of piperazine rings is 1. The van der Waals surface area contributed by atoms with Crippen molar-refractivity contribution in [1.29, 1.82) is 0 Å². The van der Waals surface area contributed by atoms with Gasteiger partial charge in [0.05, 0.1) is 10.5 Å². The van der Waals surface area contributed by atoms with E-state index in [2.05, 4.69) is 9.88 Å². The molecule has 6 nitrogen and oxygen atoms in total. The molecule has 1 aromatic carbocycles. The van der Waals surface area contributed by atoms with Gasteiger partial charge in [-0.1, -0.05) is 12.1 Å². The molecule has 1 aromatic heterocycles. The van der Waals surface area contributed by atoms with Crippen molar-refractivity contribution in [1.82, 2.24) is 14.2 Å². The molecule has 3 heterocycles. The largest absolute Gasteiger partial charge is 0.473 e. The summed E-state index contributed by atoms with van der Waals surface area (Å²) in [7, 11) is -4.01. The highest BCUT2D eigenvalue weighted by Gasteiger charge is 2.41. The zero-order chi connectivity index (χ0) is 22.5. The summed E-state index contributed by atoms with van der Waals surface area (Å²) >= 11 is 0. The van der Waals surface area contributed by atoms with E-state index in [1.807, 2.05) is 18.2 Å². The first-order valence-corrected chi connectivity index (χ1v) is 12.2. The minimum absolute atomic E-state index is 0.0408. The smallest absolute Gasteiger partial charge is 0.416 e. The number of sulfonamides is 1. The maximum Gasteiger partial charge on any atom is 0.416 e. The molecule has 0 radical (unpaired) electrons. The zero-order valence-electron chi connectivity index (χ0n) is 17.3. The molecule has 32 heavy (non-hydrogen) atoms. The maximum atomic E-state index is 13.0. The molecule has 2 saturated heterocycles. The molecule has 172 valence electrons. The van der Waals surface area contributed by atoms with Gasteiger partial charge in [0.2, 0.25) is 15.9 Å². The van der Waals surface area contributed by atoms with Crippen LogP contribution in [0.5, 0.6) is 5.88 Å². The number of hydrogen-bond donors (Lipinski definition) is 0. The average molecular weight is 468 g/mol. The predicted octanol–water partition coefficient (Wildman–Crippen LogP) is 3.50. The SMILES string of the molecule is O=S(=O)(c1cccc(C(F)(F)F)c1)N1CCN2C[C@@H](Oc3cccc(C4CC4)n3)C[C@H]2C1. The van der Waals surface area contributed by atoms with E-state index in [0.29, 0.717) is 37.4 Å². The van der Waals surface area contributed by atoms with E-state index in [-0.39, 0.29) is 30.1 Å². The molecule has 0 unspecified atom stereocenters. The van der Waals surface area contributed by atoms with Crippen LogP contribution >= 0.6 is 0 Å². The Bertz CT molecular complexity index is 1100. The van der Waals surface area contributed by atoms with Gasteiger partial charge in [-0.05, 0) is 37.1 Å². The maximum absolute atomic E-state index is 13.0. The summed E-state index contributed by atoms with van der Waals surface area (Å²) < 4.78 is 72.6. The molecule has 0 amide bonds. The van der Waals surface area contributed by atoms with Crippen LogP contribution < -0.4 is 4.74 Å². The van der Waals surface area contributed by atoms with E-state index in [0.717, 1.165) is 30.7 Å². The number of aromatic nitrogens is 1. The summed E-state index contributed by atoms with van der Waals surface area (Å²) in [6.07, 6.45) is -1.73. The summed E-state index contributed by atoms with van der Waals surface area (Å²) in [6.45, 7) is 1.65. The number of benzene rings is 1. The molecule has 1 saturated carbocycles. The second-order valence-corrected chi connectivity index (χ2v) is 10.6. The summed E-state index contributed by atoms with van der Waals surface area (Å²) in [5.41, 5.74) is 0.0871. The number of hydrogen-bond acceptors (Lipinski definition) is 5. The minimum atomic E-state index is -4.59. The topological polar surface area (TPSA) is 62.7 Å². The molecular formula is C22H24F3N3O3S. The fourth-order valence-corrected chi connectivity index (χ4v) is 6.04. The molecule has 10 heteroatoms. The number of pyridine rings is 1. The van der Waals surface area contributed by atoms with Crippen LogP contribution in [-0.2, 0) is 16.2 Å². The Labute approximate surface area is 185 Å². The van der Waals surface area contributed by atoms with Crippen molar-refractivity contribution in [3.8, 4) is 5.88 Å². The highest BCUT2D eigenvalue weighted by atomic mass is 32.2. The van der Waals surface area contributed by atoms with Gasteiger partial charge in [0.15, 0.2) is 0 Å². The Kier molecular flexibility index (Phi) is 5.42. The van der Waals surface area contributed by atoms with Crippen LogP contribution in [0.25, 0.3) is 0 Å². The van der Waals surface area contributed by atoms with Crippen molar-refractivity contribution in [2.24, 2.45) is 0 Å². The average Bonchev–Trinajstić information content (AvgIpc) is 3.53. The third-order valence-electron chi connectivity index (χ3n) is 6.37. The van der Waals surface area contributed by atoms with Crippen LogP contribution in [-0.4, -0.2) is 60.9 Å². The lowest BCUT2D eigenvalue weighted by molar-refractivity contribution is -0.137. The lowest BCUT2D eigenvalue weighted by atomic mass is 10.2. The highest BCUT2D eigenvalue weighted by molar-refractivity contribution is 7.89. The van der Waals surface area contributed by atoms with Crippen LogP contribution in [0, 0.1) is 0 Å². The predicted molar refractivity (Wildman–Crippen MR) is 111 cm³/mol. The summed E-state index contributed by atoms with van der Waals surface area (Å²) in [4.78, 5) is 6.46. The van der Waals surface area contributed by atoms with Gasteiger partial charge in [-0.2, -0.15) is 17.5 Å². The highest BCUT2D eigenvalue weighted by Crippen LogP contribution is 2.39. The standard InChI is InChI=1S/C22H24F3N3O3S/c23-22(24,25)16-3-1-4-19(11-16)32(29,30)28-10-9-27-14-18(12-17(27)13-28)31-21-6-2-5-20(26-21)15-7-8-15/h1-6,11,15,17-18H,7-10,12-14H2/t17-,18-/m0/s1. The lowest BCUT2D eigenvalue weighted by Crippen LogP contribution is -2.51. The van der Waals surface area contributed by atoms with E-state index in [9.17, 15) is 21.6 Å². The first kappa shape index (κ1) is 21.7. The molecule has 1 aliphatic carbocycles. The lowest BCUT2D eigenvalue weighted by Gasteiger charge is -2.36. The monoisotopic (exact) mass is 467 g/mol. The van der Waals surface area contributed by atoms with E-state index >= 15 is 0 Å². The molecule has 3 fully saturated rings. The van der Waals surface area contributed by atoms with Crippen LogP contribution in [0.1, 0.15) is 36.4 Å². The van der Waals surface area contributed by atoms with Crippen LogP contribution in [0.15, 0.2) is 47.4 Å². The number of fused-ring (bicyclic) bond motifs is 1. The van der Waals surface area contributed by atoms with Gasteiger partial charge in [0.1, 0.15) is 6.10 Å². The molecule has 2 atom stereocenters. The zero-order valence-corrected chi connectivity index (χ0v) is 18.1. The van der Waals surface area contributed by atoms with Gasteiger partial charge < -0.3 is 4.74 Å². The number of halogens is 3. The van der Waals surface area contributed by atoms with Gasteiger partial charge in [0.25, 0.3) is 0 Å². The number of ether oxygens (including phenoxy) is 1. The second-order valence-electron chi connectivity index (χ2n) is 8.69. The quantitative estimate of drug-likeness (QED) is 0.674. The Balaban J connectivity index is 1.26. The first-order chi connectivity index (χ1) is 15.2. The summed E-state index contributed by atoms with van der Waals surface area (Å²) in [5, 5.41) is 0. The van der Waals surface area contributed by atoms with Crippen molar-refractivity contribution in [2.75, 3.05) is 26.2 Å². The van der Waals surface area contributed by atoms with Crippen molar-refractivity contribution >= 4 is 10.0 Å². The Morgan fingerprint density at radius 3 is 2.56 bits per heavy atom. The number of rotatable bonds is 5. The fourth-order valence-electron chi connectivity index (χ4n) is 4.53. The molecule has 0 N–H and O–H groups in total. The van der Waals surface area contributed by atoms with Gasteiger partial charge in [-0.25, -0.2) is 13.4 Å². The number of nitrogens with zero attached hydrogens (tertiary/aromatic N) is 3. The molecule has 2 aliphatic heterocycles. The molecule has 0 spiro atoms. The summed E-state index contributed by atoms with van der Waals surface area (Å²) in [6, 6.07) is 9.70. The Morgan fingerprint density at radius 2 is 1.81 bits per heavy atom. The number of alkyl halides is 3. The van der Waals surface area contributed by atoms with Gasteiger partial charge in [-0.15, -0.1) is 0 Å². The van der Waals surface area contributed by atoms with E-state index in [4.69, 9.17) is 4.74 Å². The Hall–Kier alpha value is -2.17. The van der Waals surface area contributed by atoms with Crippen LogP contribution in [0.4, 0.5) is 13.2 Å². The third-order valence-corrected chi connectivity index (χ3v) is 8.23. The molecular weight excluding hydrogens is 443 g/mol. The van der Waals surface area contributed by atoms with Crippen LogP contribution in [0.3, 0.4) is 0 Å². The van der Waals surface area contributed by atoms with Crippen molar-refractivity contribution in [2.45, 2.75) is 48.4 Å². The summed E-state index contributed by atoms with van der Waals surface area (Å²) in [5.74, 6) is 1.12. The molecule has 0 bridgehead atoms. The third kappa shape index (κ3) is 4.35. The van der Waals surface area contributed by atoms with Crippen molar-refractivity contribution < 1.29 is 26.3 Å². The van der Waals surface area contributed by atoms with E-state index in [1.165, 1.54) is 10.4 Å². The minimum Gasteiger partial charge on any atom is -0.473 e. The van der Waals surface area contributed by atoms with Gasteiger partial charge >= 0.3 is 6.18 Å². The van der Waals surface area contributed by atoms with Crippen molar-refractivity contribution in [3.05, 3.63) is 53.7 Å². The normalized spacial score (nSPS) is 25.0. The van der Waals surface area contributed by atoms with E-state index in [1.54, 1.807) is 0 Å². The van der Waals surface area contributed by atoms with Crippen LogP contribution in [0.2, 0.25) is 0 Å². The first-order valence-electron chi connectivity index (χ1n) is 10.8. The fraction of sp³-hybridized carbons (Fsp3) is 0.500.